The first-order valence-electron chi connectivity index (χ1n) is 6.31. The number of carbonyl (C=O) groups excluding carboxylic acids is 2. The Bertz CT molecular complexity index is 480. The van der Waals surface area contributed by atoms with Crippen LogP contribution >= 0.6 is 0 Å². The Balaban J connectivity index is 1.88. The molecule has 0 spiro atoms. The summed E-state index contributed by atoms with van der Waals surface area (Å²) in [4.78, 5) is 25.8. The topological polar surface area (TPSA) is 49.4 Å². The summed E-state index contributed by atoms with van der Waals surface area (Å²) in [5.74, 6) is -0.311. The lowest BCUT2D eigenvalue weighted by molar-refractivity contribution is 0.0539. The van der Waals surface area contributed by atoms with Crippen molar-refractivity contribution in [2.24, 2.45) is 0 Å². The predicted octanol–water partition coefficient (Wildman–Crippen LogP) is 1.42. The molecule has 1 aromatic carbocycles. The molecule has 4 nitrogen and oxygen atoms in total. The van der Waals surface area contributed by atoms with Crippen LogP contribution in [0, 0.1) is 0 Å². The number of fused-ring (bicyclic) bond motifs is 1. The molecule has 0 bridgehead atoms. The summed E-state index contributed by atoms with van der Waals surface area (Å²) >= 11 is 0. The van der Waals surface area contributed by atoms with E-state index in [-0.39, 0.29) is 17.4 Å². The zero-order valence-corrected chi connectivity index (χ0v) is 10.4. The second-order valence-corrected chi connectivity index (χ2v) is 5.13. The van der Waals surface area contributed by atoms with E-state index in [4.69, 9.17) is 0 Å². The molecule has 18 heavy (non-hydrogen) atoms. The van der Waals surface area contributed by atoms with Gasteiger partial charge in [-0.2, -0.15) is 0 Å². The van der Waals surface area contributed by atoms with Gasteiger partial charge in [0.1, 0.15) is 0 Å². The van der Waals surface area contributed by atoms with Crippen LogP contribution < -0.4 is 5.32 Å². The normalized spacial score (nSPS) is 20.8. The minimum atomic E-state index is -0.155. The maximum Gasteiger partial charge on any atom is 0.261 e. The van der Waals surface area contributed by atoms with Gasteiger partial charge in [-0.05, 0) is 38.4 Å². The van der Waals surface area contributed by atoms with Crippen LogP contribution in [0.1, 0.15) is 40.0 Å². The summed E-state index contributed by atoms with van der Waals surface area (Å²) in [7, 11) is 1.90. The number of hydrogen-bond acceptors (Lipinski definition) is 3. The first kappa shape index (κ1) is 11.4. The summed E-state index contributed by atoms with van der Waals surface area (Å²) in [6, 6.07) is 7.04. The van der Waals surface area contributed by atoms with E-state index in [0.29, 0.717) is 17.7 Å². The molecular formula is C14H16N2O2. The maximum absolute atomic E-state index is 12.2. The van der Waals surface area contributed by atoms with Gasteiger partial charge in [0.2, 0.25) is 0 Å². The number of hydrogen-bond donors (Lipinski definition) is 1. The van der Waals surface area contributed by atoms with Crippen LogP contribution in [0.2, 0.25) is 0 Å². The fraction of sp³-hybridized carbons (Fsp3) is 0.429. The van der Waals surface area contributed by atoms with Gasteiger partial charge in [0, 0.05) is 12.1 Å². The summed E-state index contributed by atoms with van der Waals surface area (Å²) in [6.45, 7) is 0.482. The fourth-order valence-corrected chi connectivity index (χ4v) is 2.78. The van der Waals surface area contributed by atoms with Crippen LogP contribution in [0.25, 0.3) is 0 Å². The van der Waals surface area contributed by atoms with Crippen molar-refractivity contribution in [3.8, 4) is 0 Å². The molecule has 1 N–H and O–H groups in total. The summed E-state index contributed by atoms with van der Waals surface area (Å²) in [5, 5.41) is 3.26. The monoisotopic (exact) mass is 244 g/mol. The van der Waals surface area contributed by atoms with Gasteiger partial charge in [-0.25, -0.2) is 0 Å². The van der Waals surface area contributed by atoms with Gasteiger partial charge in [-0.3, -0.25) is 14.5 Å². The van der Waals surface area contributed by atoms with Gasteiger partial charge in [0.25, 0.3) is 11.8 Å². The molecule has 1 fully saturated rings. The number of rotatable bonds is 3. The molecule has 1 aromatic rings. The van der Waals surface area contributed by atoms with E-state index < -0.39 is 0 Å². The van der Waals surface area contributed by atoms with Crippen molar-refractivity contribution in [2.75, 3.05) is 13.6 Å². The standard InChI is InChI=1S/C14H16N2O2/c1-15-14(7-4-8-14)9-16-12(17)10-5-2-3-6-11(10)13(16)18/h2-3,5-6,15H,4,7-9H2,1H3. The zero-order valence-electron chi connectivity index (χ0n) is 10.4. The Hall–Kier alpha value is -1.68. The highest BCUT2D eigenvalue weighted by Gasteiger charge is 2.43. The number of nitrogens with zero attached hydrogens (tertiary/aromatic N) is 1. The van der Waals surface area contributed by atoms with Crippen molar-refractivity contribution >= 4 is 11.8 Å². The van der Waals surface area contributed by atoms with E-state index in [1.807, 2.05) is 7.05 Å². The average Bonchev–Trinajstić information content (AvgIpc) is 2.59. The molecule has 0 unspecified atom stereocenters. The molecule has 4 heteroatoms. The van der Waals surface area contributed by atoms with Crippen molar-refractivity contribution in [2.45, 2.75) is 24.8 Å². The molecule has 1 aliphatic carbocycles. The number of nitrogens with one attached hydrogen (secondary N) is 1. The van der Waals surface area contributed by atoms with Gasteiger partial charge in [0.15, 0.2) is 0 Å². The van der Waals surface area contributed by atoms with E-state index in [1.54, 1.807) is 24.3 Å². The van der Waals surface area contributed by atoms with E-state index in [9.17, 15) is 9.59 Å². The number of amides is 2. The van der Waals surface area contributed by atoms with Gasteiger partial charge in [-0.1, -0.05) is 12.1 Å². The zero-order chi connectivity index (χ0) is 12.8. The molecular weight excluding hydrogens is 228 g/mol. The number of likely N-dealkylation sites (N-methyl/N-ethyl adjacent to an activating group) is 1. The highest BCUT2D eigenvalue weighted by Crippen LogP contribution is 2.34. The Labute approximate surface area is 106 Å². The number of benzene rings is 1. The lowest BCUT2D eigenvalue weighted by atomic mass is 9.76. The summed E-state index contributed by atoms with van der Waals surface area (Å²) in [6.07, 6.45) is 3.21. The van der Waals surface area contributed by atoms with Crippen LogP contribution in [-0.2, 0) is 0 Å². The van der Waals surface area contributed by atoms with Crippen molar-refractivity contribution in [1.82, 2.24) is 10.2 Å². The lowest BCUT2D eigenvalue weighted by Gasteiger charge is -2.43. The molecule has 0 aromatic heterocycles. The van der Waals surface area contributed by atoms with E-state index in [0.717, 1.165) is 19.3 Å². The van der Waals surface area contributed by atoms with Gasteiger partial charge in [-0.15, -0.1) is 0 Å². The molecule has 1 saturated carbocycles. The van der Waals surface area contributed by atoms with Gasteiger partial charge < -0.3 is 5.32 Å². The Morgan fingerprint density at radius 3 is 2.11 bits per heavy atom. The molecule has 0 atom stereocenters. The highest BCUT2D eigenvalue weighted by atomic mass is 16.2. The van der Waals surface area contributed by atoms with E-state index >= 15 is 0 Å². The van der Waals surface area contributed by atoms with Crippen molar-refractivity contribution < 1.29 is 9.59 Å². The fourth-order valence-electron chi connectivity index (χ4n) is 2.78. The van der Waals surface area contributed by atoms with Gasteiger partial charge >= 0.3 is 0 Å². The number of carbonyl (C=O) groups is 2. The average molecular weight is 244 g/mol. The SMILES string of the molecule is CNC1(CN2C(=O)c3ccccc3C2=O)CCC1. The summed E-state index contributed by atoms with van der Waals surface area (Å²) < 4.78 is 0. The minimum Gasteiger partial charge on any atom is -0.313 e. The van der Waals surface area contributed by atoms with Crippen LogP contribution in [0.15, 0.2) is 24.3 Å². The van der Waals surface area contributed by atoms with E-state index in [1.165, 1.54) is 4.90 Å². The molecule has 2 amide bonds. The van der Waals surface area contributed by atoms with Crippen molar-refractivity contribution in [3.05, 3.63) is 35.4 Å². The molecule has 3 rings (SSSR count). The highest BCUT2D eigenvalue weighted by molar-refractivity contribution is 6.21. The van der Waals surface area contributed by atoms with Crippen LogP contribution in [-0.4, -0.2) is 35.8 Å². The smallest absolute Gasteiger partial charge is 0.261 e. The second kappa shape index (κ2) is 3.92. The van der Waals surface area contributed by atoms with E-state index in [2.05, 4.69) is 5.32 Å². The second-order valence-electron chi connectivity index (χ2n) is 5.13. The van der Waals surface area contributed by atoms with Crippen LogP contribution in [0.5, 0.6) is 0 Å². The quantitative estimate of drug-likeness (QED) is 0.818. The van der Waals surface area contributed by atoms with Gasteiger partial charge in [0.05, 0.1) is 11.1 Å². The minimum absolute atomic E-state index is 0.0621. The Kier molecular flexibility index (Phi) is 2.48. The van der Waals surface area contributed by atoms with Crippen molar-refractivity contribution in [1.29, 1.82) is 0 Å². The molecule has 2 aliphatic rings. The Morgan fingerprint density at radius 1 is 1.17 bits per heavy atom. The maximum atomic E-state index is 12.2. The molecule has 1 heterocycles. The molecule has 1 aliphatic heterocycles. The third kappa shape index (κ3) is 1.49. The Morgan fingerprint density at radius 2 is 1.72 bits per heavy atom. The third-order valence-electron chi connectivity index (χ3n) is 4.18. The largest absolute Gasteiger partial charge is 0.313 e. The summed E-state index contributed by atoms with van der Waals surface area (Å²) in [5.41, 5.74) is 1.01. The first-order valence-corrected chi connectivity index (χ1v) is 6.31. The van der Waals surface area contributed by atoms with Crippen LogP contribution in [0.3, 0.4) is 0 Å². The molecule has 0 saturated heterocycles. The molecule has 0 radical (unpaired) electrons. The number of imide groups is 1. The van der Waals surface area contributed by atoms with Crippen molar-refractivity contribution in [3.63, 3.8) is 0 Å². The lowest BCUT2D eigenvalue weighted by Crippen LogP contribution is -2.57. The first-order chi connectivity index (χ1) is 8.67. The third-order valence-corrected chi connectivity index (χ3v) is 4.18. The molecule has 94 valence electrons. The predicted molar refractivity (Wildman–Crippen MR) is 67.5 cm³/mol. The van der Waals surface area contributed by atoms with Crippen LogP contribution in [0.4, 0.5) is 0 Å².